The third-order valence-corrected chi connectivity index (χ3v) is 5.99. The van der Waals surface area contributed by atoms with Gasteiger partial charge in [-0.2, -0.15) is 8.78 Å². The molecule has 0 bridgehead atoms. The van der Waals surface area contributed by atoms with Gasteiger partial charge >= 0.3 is 6.61 Å². The van der Waals surface area contributed by atoms with Crippen LogP contribution < -0.4 is 15.8 Å². The summed E-state index contributed by atoms with van der Waals surface area (Å²) in [5.41, 5.74) is 3.48. The van der Waals surface area contributed by atoms with Crippen LogP contribution in [-0.2, 0) is 30.0 Å². The minimum atomic E-state index is -3.86. The normalized spacial score (nSPS) is 19.6. The summed E-state index contributed by atoms with van der Waals surface area (Å²) in [6.07, 6.45) is 0.0459. The predicted octanol–water partition coefficient (Wildman–Crippen LogP) is 0.686. The van der Waals surface area contributed by atoms with E-state index < -0.39 is 57.5 Å². The summed E-state index contributed by atoms with van der Waals surface area (Å²) in [4.78, 5) is 35.7. The first kappa shape index (κ1) is 21.7. The molecule has 2 amide bonds. The number of benzene rings is 1. The second-order valence-electron chi connectivity index (χ2n) is 6.42. The minimum Gasteiger partial charge on any atom is -0.435 e. The molecule has 1 saturated carbocycles. The summed E-state index contributed by atoms with van der Waals surface area (Å²) in [7, 11) is -3.86. The van der Waals surface area contributed by atoms with Crippen LogP contribution in [-0.4, -0.2) is 43.9 Å². The van der Waals surface area contributed by atoms with E-state index in [1.54, 1.807) is 0 Å². The highest BCUT2D eigenvalue weighted by atomic mass is 32.2. The average Bonchev–Trinajstić information content (AvgIpc) is 2.96. The standard InChI is InChI=1S/C17H20F2N2O6S/c18-16(19)27-12-5-2-1-4-11(12)10-28(25,26)9-7-14(23)21-17(15(20)24)8-3-6-13(17)22/h1-2,4-5,16H,3,6-10H2,(H2,20,24)(H,21,23). The number of nitrogens with one attached hydrogen (secondary N) is 1. The molecule has 8 nitrogen and oxygen atoms in total. The van der Waals surface area contributed by atoms with E-state index in [9.17, 15) is 31.6 Å². The lowest BCUT2D eigenvalue weighted by atomic mass is 9.95. The smallest absolute Gasteiger partial charge is 0.387 e. The van der Waals surface area contributed by atoms with E-state index in [1.165, 1.54) is 24.3 Å². The fourth-order valence-electron chi connectivity index (χ4n) is 3.01. The molecule has 0 heterocycles. The third-order valence-electron chi connectivity index (χ3n) is 4.41. The number of para-hydroxylation sites is 1. The van der Waals surface area contributed by atoms with Crippen molar-refractivity contribution in [2.45, 2.75) is 43.6 Å². The zero-order chi connectivity index (χ0) is 20.9. The first-order valence-corrected chi connectivity index (χ1v) is 10.3. The van der Waals surface area contributed by atoms with Crippen LogP contribution in [0, 0.1) is 0 Å². The molecule has 0 saturated heterocycles. The Morgan fingerprint density at radius 1 is 1.29 bits per heavy atom. The van der Waals surface area contributed by atoms with Gasteiger partial charge in [0.15, 0.2) is 21.2 Å². The van der Waals surface area contributed by atoms with Gasteiger partial charge in [-0.3, -0.25) is 14.4 Å². The molecule has 154 valence electrons. The van der Waals surface area contributed by atoms with Gasteiger partial charge in [-0.05, 0) is 18.9 Å². The molecule has 3 N–H and O–H groups in total. The highest BCUT2D eigenvalue weighted by molar-refractivity contribution is 7.90. The van der Waals surface area contributed by atoms with Gasteiger partial charge in [0.25, 0.3) is 5.91 Å². The van der Waals surface area contributed by atoms with Gasteiger partial charge in [-0.15, -0.1) is 0 Å². The van der Waals surface area contributed by atoms with E-state index in [1.807, 2.05) is 0 Å². The van der Waals surface area contributed by atoms with E-state index in [2.05, 4.69) is 10.1 Å². The number of halogens is 2. The number of hydrogen-bond acceptors (Lipinski definition) is 6. The first-order valence-electron chi connectivity index (χ1n) is 8.43. The number of sulfone groups is 1. The lowest BCUT2D eigenvalue weighted by Crippen LogP contribution is -2.60. The Morgan fingerprint density at radius 2 is 1.96 bits per heavy atom. The van der Waals surface area contributed by atoms with Crippen molar-refractivity contribution in [1.29, 1.82) is 0 Å². The fourth-order valence-corrected chi connectivity index (χ4v) is 4.37. The molecular formula is C17H20F2N2O6S. The summed E-state index contributed by atoms with van der Waals surface area (Å²) in [5, 5.41) is 2.26. The van der Waals surface area contributed by atoms with Crippen molar-refractivity contribution < 1.29 is 36.3 Å². The van der Waals surface area contributed by atoms with Crippen LogP contribution in [0.15, 0.2) is 24.3 Å². The van der Waals surface area contributed by atoms with Crippen molar-refractivity contribution in [3.63, 3.8) is 0 Å². The maximum atomic E-state index is 12.4. The van der Waals surface area contributed by atoms with Gasteiger partial charge in [0.2, 0.25) is 5.91 Å². The van der Waals surface area contributed by atoms with Gasteiger partial charge in [-0.1, -0.05) is 18.2 Å². The zero-order valence-corrected chi connectivity index (χ0v) is 15.6. The Balaban J connectivity index is 2.01. The van der Waals surface area contributed by atoms with Crippen molar-refractivity contribution in [1.82, 2.24) is 5.32 Å². The number of nitrogens with two attached hydrogens (primary N) is 1. The number of alkyl halides is 2. The van der Waals surface area contributed by atoms with Crippen LogP contribution in [0.2, 0.25) is 0 Å². The molecule has 0 radical (unpaired) electrons. The number of carbonyl (C=O) groups is 3. The Hall–Kier alpha value is -2.56. The van der Waals surface area contributed by atoms with Crippen LogP contribution in [0.1, 0.15) is 31.2 Å². The summed E-state index contributed by atoms with van der Waals surface area (Å²) in [6, 6.07) is 5.43. The SMILES string of the molecule is NC(=O)C1(NC(=O)CCS(=O)(=O)Cc2ccccc2OC(F)F)CCCC1=O. The highest BCUT2D eigenvalue weighted by Crippen LogP contribution is 2.26. The van der Waals surface area contributed by atoms with E-state index in [-0.39, 0.29) is 24.2 Å². The number of carbonyl (C=O) groups excluding carboxylic acids is 3. The summed E-state index contributed by atoms with van der Waals surface area (Å²) in [5.74, 6) is -3.78. The molecule has 1 atom stereocenters. The summed E-state index contributed by atoms with van der Waals surface area (Å²) < 4.78 is 53.7. The Morgan fingerprint density at radius 3 is 2.54 bits per heavy atom. The number of amides is 2. The Bertz CT molecular complexity index is 874. The molecule has 1 aromatic carbocycles. The van der Waals surface area contributed by atoms with E-state index >= 15 is 0 Å². The van der Waals surface area contributed by atoms with Gasteiger partial charge in [0.05, 0.1) is 11.5 Å². The summed E-state index contributed by atoms with van der Waals surface area (Å²) in [6.45, 7) is -3.11. The second-order valence-corrected chi connectivity index (χ2v) is 8.61. The molecule has 1 aliphatic rings. The Kier molecular flexibility index (Phi) is 6.70. The molecule has 0 aromatic heterocycles. The van der Waals surface area contributed by atoms with Gasteiger partial charge in [0, 0.05) is 18.4 Å². The van der Waals surface area contributed by atoms with Gasteiger partial charge in [0.1, 0.15) is 5.75 Å². The molecule has 1 aromatic rings. The van der Waals surface area contributed by atoms with Crippen molar-refractivity contribution in [2.75, 3.05) is 5.75 Å². The van der Waals surface area contributed by atoms with Crippen molar-refractivity contribution in [3.8, 4) is 5.75 Å². The fraction of sp³-hybridized carbons (Fsp3) is 0.471. The first-order chi connectivity index (χ1) is 13.1. The molecule has 1 aliphatic carbocycles. The zero-order valence-electron chi connectivity index (χ0n) is 14.8. The largest absolute Gasteiger partial charge is 0.435 e. The highest BCUT2D eigenvalue weighted by Gasteiger charge is 2.48. The third kappa shape index (κ3) is 5.24. The summed E-state index contributed by atoms with van der Waals surface area (Å²) >= 11 is 0. The maximum absolute atomic E-state index is 12.4. The van der Waals surface area contributed by atoms with Crippen molar-refractivity contribution in [3.05, 3.63) is 29.8 Å². The number of ether oxygens (including phenoxy) is 1. The quantitative estimate of drug-likeness (QED) is 0.567. The van der Waals surface area contributed by atoms with E-state index in [0.29, 0.717) is 6.42 Å². The lowest BCUT2D eigenvalue weighted by Gasteiger charge is -2.24. The molecule has 1 unspecified atom stereocenters. The average molecular weight is 418 g/mol. The van der Waals surface area contributed by atoms with Crippen molar-refractivity contribution >= 4 is 27.4 Å². The molecular weight excluding hydrogens is 398 g/mol. The van der Waals surface area contributed by atoms with E-state index in [4.69, 9.17) is 5.73 Å². The number of Topliss-reactive ketones (excluding diaryl/α,β-unsaturated/α-hetero) is 1. The van der Waals surface area contributed by atoms with Crippen LogP contribution in [0.3, 0.4) is 0 Å². The van der Waals surface area contributed by atoms with Crippen molar-refractivity contribution in [2.24, 2.45) is 5.73 Å². The molecule has 1 fully saturated rings. The molecule has 28 heavy (non-hydrogen) atoms. The number of rotatable bonds is 9. The monoisotopic (exact) mass is 418 g/mol. The number of primary amides is 1. The molecule has 0 spiro atoms. The predicted molar refractivity (Wildman–Crippen MR) is 94.1 cm³/mol. The van der Waals surface area contributed by atoms with Crippen LogP contribution in [0.4, 0.5) is 8.78 Å². The van der Waals surface area contributed by atoms with E-state index in [0.717, 1.165) is 0 Å². The topological polar surface area (TPSA) is 133 Å². The lowest BCUT2D eigenvalue weighted by molar-refractivity contribution is -0.138. The van der Waals surface area contributed by atoms with Gasteiger partial charge < -0.3 is 15.8 Å². The molecule has 0 aliphatic heterocycles. The molecule has 11 heteroatoms. The number of ketones is 1. The van der Waals surface area contributed by atoms with Crippen LogP contribution >= 0.6 is 0 Å². The van der Waals surface area contributed by atoms with Crippen LogP contribution in [0.5, 0.6) is 5.75 Å². The number of hydrogen-bond donors (Lipinski definition) is 2. The minimum absolute atomic E-state index is 0.0304. The maximum Gasteiger partial charge on any atom is 0.387 e. The van der Waals surface area contributed by atoms with Crippen LogP contribution in [0.25, 0.3) is 0 Å². The second kappa shape index (κ2) is 8.63. The Labute approximate surface area is 160 Å². The molecule has 2 rings (SSSR count). The van der Waals surface area contributed by atoms with Gasteiger partial charge in [-0.25, -0.2) is 8.42 Å².